The van der Waals surface area contributed by atoms with Crippen molar-refractivity contribution in [3.8, 4) is 0 Å². The highest BCUT2D eigenvalue weighted by atomic mass is 16.6. The van der Waals surface area contributed by atoms with E-state index < -0.39 is 4.92 Å². The molecule has 2 rings (SSSR count). The van der Waals surface area contributed by atoms with E-state index in [2.05, 4.69) is 11.8 Å². The number of hydrogen-bond donors (Lipinski definition) is 0. The average Bonchev–Trinajstić information content (AvgIpc) is 2.55. The van der Waals surface area contributed by atoms with E-state index in [0.29, 0.717) is 18.5 Å². The third kappa shape index (κ3) is 4.69. The van der Waals surface area contributed by atoms with Gasteiger partial charge in [-0.1, -0.05) is 25.5 Å². The second kappa shape index (κ2) is 7.97. The van der Waals surface area contributed by atoms with Gasteiger partial charge in [-0.2, -0.15) is 0 Å². The van der Waals surface area contributed by atoms with Crippen molar-refractivity contribution in [3.63, 3.8) is 0 Å². The Balaban J connectivity index is 2.01. The third-order valence-electron chi connectivity index (χ3n) is 4.25. The summed E-state index contributed by atoms with van der Waals surface area (Å²) in [7, 11) is 0. The number of non-ortho nitro benzene ring substituents is 1. The zero-order valence-electron chi connectivity index (χ0n) is 13.4. The first-order valence-corrected chi connectivity index (χ1v) is 8.04. The molecule has 6 heteroatoms. The minimum atomic E-state index is -0.519. The normalized spacial score (nSPS) is 18.8. The number of likely N-dealkylation sites (tertiary alicyclic amines) is 1. The molecule has 1 saturated heterocycles. The molecule has 23 heavy (non-hydrogen) atoms. The van der Waals surface area contributed by atoms with E-state index in [1.54, 1.807) is 6.07 Å². The molecule has 124 valence electrons. The molecule has 0 aliphatic carbocycles. The minimum absolute atomic E-state index is 0.101. The number of carbonyl (C=O) groups is 2. The maximum Gasteiger partial charge on any atom is 0.270 e. The first kappa shape index (κ1) is 17.3. The van der Waals surface area contributed by atoms with Gasteiger partial charge in [0, 0.05) is 49.5 Å². The molecule has 1 aromatic rings. The number of piperidine rings is 1. The molecule has 1 heterocycles. The summed E-state index contributed by atoms with van der Waals surface area (Å²) >= 11 is 0. The van der Waals surface area contributed by atoms with Gasteiger partial charge in [-0.3, -0.25) is 19.7 Å². The van der Waals surface area contributed by atoms with E-state index >= 15 is 0 Å². The van der Waals surface area contributed by atoms with Crippen LogP contribution >= 0.6 is 0 Å². The summed E-state index contributed by atoms with van der Waals surface area (Å²) in [4.78, 5) is 36.9. The highest BCUT2D eigenvalue weighted by molar-refractivity contribution is 5.99. The molecule has 6 nitrogen and oxygen atoms in total. The highest BCUT2D eigenvalue weighted by Gasteiger charge is 2.29. The van der Waals surface area contributed by atoms with Crippen molar-refractivity contribution in [1.82, 2.24) is 4.90 Å². The molecular formula is C17H22N2O4. The number of benzene rings is 1. The lowest BCUT2D eigenvalue weighted by Crippen LogP contribution is -2.42. The Morgan fingerprint density at radius 1 is 1.43 bits per heavy atom. The zero-order chi connectivity index (χ0) is 16.8. The van der Waals surface area contributed by atoms with Crippen molar-refractivity contribution in [2.75, 3.05) is 19.6 Å². The number of carbonyl (C=O) groups excluding carboxylic acids is 2. The van der Waals surface area contributed by atoms with Crippen LogP contribution in [0.15, 0.2) is 24.3 Å². The number of nitrogens with zero attached hydrogens (tertiary/aromatic N) is 2. The van der Waals surface area contributed by atoms with Crippen LogP contribution in [0.25, 0.3) is 0 Å². The summed E-state index contributed by atoms with van der Waals surface area (Å²) in [5, 5.41) is 10.8. The first-order chi connectivity index (χ1) is 11.0. The van der Waals surface area contributed by atoms with Crippen LogP contribution in [-0.4, -0.2) is 41.0 Å². The second-order valence-electron chi connectivity index (χ2n) is 6.00. The first-order valence-electron chi connectivity index (χ1n) is 8.04. The summed E-state index contributed by atoms with van der Waals surface area (Å²) in [6.45, 7) is 4.45. The maximum absolute atomic E-state index is 12.4. The molecule has 1 aliphatic rings. The molecule has 0 spiro atoms. The smallest absolute Gasteiger partial charge is 0.270 e. The standard InChI is InChI=1S/C17H22N2O4/c1-2-3-8-18-9-7-16(20)14(12-18)11-17(21)13-5-4-6-15(10-13)19(22)23/h4-6,10,14H,2-3,7-9,11-12H2,1H3. The lowest BCUT2D eigenvalue weighted by molar-refractivity contribution is -0.384. The summed E-state index contributed by atoms with van der Waals surface area (Å²) in [6.07, 6.45) is 2.79. The van der Waals surface area contributed by atoms with Crippen LogP contribution in [0.4, 0.5) is 5.69 Å². The quantitative estimate of drug-likeness (QED) is 0.439. The monoisotopic (exact) mass is 318 g/mol. The van der Waals surface area contributed by atoms with Crippen molar-refractivity contribution in [2.45, 2.75) is 32.6 Å². The number of rotatable bonds is 7. The SMILES string of the molecule is CCCCN1CCC(=O)C(CC(=O)c2cccc([N+](=O)[O-])c2)C1. The van der Waals surface area contributed by atoms with E-state index in [1.807, 2.05) is 0 Å². The van der Waals surface area contributed by atoms with Crippen molar-refractivity contribution in [2.24, 2.45) is 5.92 Å². The van der Waals surface area contributed by atoms with Crippen LogP contribution in [0.5, 0.6) is 0 Å². The van der Waals surface area contributed by atoms with E-state index in [9.17, 15) is 19.7 Å². The summed E-state index contributed by atoms with van der Waals surface area (Å²) in [6, 6.07) is 5.71. The molecule has 1 aliphatic heterocycles. The van der Waals surface area contributed by atoms with Crippen molar-refractivity contribution in [3.05, 3.63) is 39.9 Å². The number of hydrogen-bond acceptors (Lipinski definition) is 5. The molecule has 0 amide bonds. The van der Waals surface area contributed by atoms with Gasteiger partial charge in [0.1, 0.15) is 5.78 Å². The van der Waals surface area contributed by atoms with E-state index in [1.165, 1.54) is 18.2 Å². The zero-order valence-corrected chi connectivity index (χ0v) is 13.4. The number of nitro groups is 1. The summed E-state index contributed by atoms with van der Waals surface area (Å²) in [5.41, 5.74) is 0.202. The Morgan fingerprint density at radius 2 is 2.22 bits per heavy atom. The molecule has 1 unspecified atom stereocenters. The fraction of sp³-hybridized carbons (Fsp3) is 0.529. The molecule has 0 saturated carbocycles. The van der Waals surface area contributed by atoms with E-state index in [0.717, 1.165) is 25.9 Å². The number of nitro benzene ring substituents is 1. The lowest BCUT2D eigenvalue weighted by Gasteiger charge is -2.31. The maximum atomic E-state index is 12.4. The van der Waals surface area contributed by atoms with Gasteiger partial charge in [-0.15, -0.1) is 0 Å². The predicted molar refractivity (Wildman–Crippen MR) is 86.5 cm³/mol. The number of ketones is 2. The minimum Gasteiger partial charge on any atom is -0.302 e. The highest BCUT2D eigenvalue weighted by Crippen LogP contribution is 2.21. The van der Waals surface area contributed by atoms with Gasteiger partial charge in [0.15, 0.2) is 5.78 Å². The summed E-state index contributed by atoms with van der Waals surface area (Å²) in [5.74, 6) is -0.381. The van der Waals surface area contributed by atoms with Gasteiger partial charge in [-0.25, -0.2) is 0 Å². The molecule has 0 radical (unpaired) electrons. The summed E-state index contributed by atoms with van der Waals surface area (Å²) < 4.78 is 0. The van der Waals surface area contributed by atoms with Gasteiger partial charge in [-0.05, 0) is 13.0 Å². The Hall–Kier alpha value is -2.08. The fourth-order valence-electron chi connectivity index (χ4n) is 2.87. The molecule has 1 atom stereocenters. The van der Waals surface area contributed by atoms with Crippen LogP contribution in [0.1, 0.15) is 43.0 Å². The van der Waals surface area contributed by atoms with Crippen LogP contribution in [0.3, 0.4) is 0 Å². The Labute approximate surface area is 135 Å². The van der Waals surface area contributed by atoms with Crippen LogP contribution in [0, 0.1) is 16.0 Å². The molecule has 1 fully saturated rings. The molecule has 0 aromatic heterocycles. The fourth-order valence-corrected chi connectivity index (χ4v) is 2.87. The average molecular weight is 318 g/mol. The van der Waals surface area contributed by atoms with Crippen molar-refractivity contribution >= 4 is 17.3 Å². The topological polar surface area (TPSA) is 80.5 Å². The number of Topliss-reactive ketones (excluding diaryl/α,β-unsaturated/α-hetero) is 2. The van der Waals surface area contributed by atoms with Crippen molar-refractivity contribution < 1.29 is 14.5 Å². The van der Waals surface area contributed by atoms with Crippen LogP contribution < -0.4 is 0 Å². The Bertz CT molecular complexity index is 600. The Kier molecular flexibility index (Phi) is 5.98. The predicted octanol–water partition coefficient (Wildman–Crippen LogP) is 2.86. The second-order valence-corrected chi connectivity index (χ2v) is 6.00. The molecule has 0 bridgehead atoms. The number of unbranched alkanes of at least 4 members (excludes halogenated alkanes) is 1. The van der Waals surface area contributed by atoms with Gasteiger partial charge in [0.25, 0.3) is 5.69 Å². The van der Waals surface area contributed by atoms with Gasteiger partial charge in [0.2, 0.25) is 0 Å². The molecular weight excluding hydrogens is 296 g/mol. The lowest BCUT2D eigenvalue weighted by atomic mass is 9.89. The van der Waals surface area contributed by atoms with Crippen LogP contribution in [-0.2, 0) is 4.79 Å². The van der Waals surface area contributed by atoms with E-state index in [-0.39, 0.29) is 29.6 Å². The van der Waals surface area contributed by atoms with Gasteiger partial charge >= 0.3 is 0 Å². The van der Waals surface area contributed by atoms with Gasteiger partial charge < -0.3 is 4.90 Å². The third-order valence-corrected chi connectivity index (χ3v) is 4.25. The van der Waals surface area contributed by atoms with E-state index in [4.69, 9.17) is 0 Å². The molecule has 1 aromatic carbocycles. The van der Waals surface area contributed by atoms with Gasteiger partial charge in [0.05, 0.1) is 4.92 Å². The molecule has 0 N–H and O–H groups in total. The van der Waals surface area contributed by atoms with Crippen LogP contribution in [0.2, 0.25) is 0 Å². The Morgan fingerprint density at radius 3 is 2.91 bits per heavy atom. The largest absolute Gasteiger partial charge is 0.302 e. The van der Waals surface area contributed by atoms with Crippen molar-refractivity contribution in [1.29, 1.82) is 0 Å².